The summed E-state index contributed by atoms with van der Waals surface area (Å²) in [7, 11) is 1.60. The van der Waals surface area contributed by atoms with Gasteiger partial charge in [0.05, 0.1) is 12.1 Å². The lowest BCUT2D eigenvalue weighted by molar-refractivity contribution is 0.494. The molecule has 4 aromatic rings. The van der Waals surface area contributed by atoms with Crippen molar-refractivity contribution in [3.63, 3.8) is 0 Å². The van der Waals surface area contributed by atoms with E-state index in [0.717, 1.165) is 24.0 Å². The Morgan fingerprint density at radius 2 is 1.97 bits per heavy atom. The van der Waals surface area contributed by atoms with Gasteiger partial charge in [-0.25, -0.2) is 14.8 Å². The van der Waals surface area contributed by atoms with E-state index < -0.39 is 11.2 Å². The third-order valence-electron chi connectivity index (χ3n) is 6.32. The number of aromatic nitrogens is 6. The zero-order chi connectivity index (χ0) is 24.0. The van der Waals surface area contributed by atoms with Crippen LogP contribution in [0.15, 0.2) is 33.9 Å². The first-order chi connectivity index (χ1) is 16.4. The molecule has 1 aliphatic rings. The van der Waals surface area contributed by atoms with Crippen molar-refractivity contribution in [2.75, 3.05) is 18.0 Å². The predicted octanol–water partition coefficient (Wildman–Crippen LogP) is 0.707. The van der Waals surface area contributed by atoms with Crippen molar-refractivity contribution in [2.24, 2.45) is 12.8 Å². The molecule has 0 amide bonds. The normalized spacial score (nSPS) is 16.3. The maximum absolute atomic E-state index is 13.6. The minimum Gasteiger partial charge on any atom is -0.341 e. The van der Waals surface area contributed by atoms with Gasteiger partial charge in [-0.3, -0.25) is 13.9 Å². The standard InChI is InChI=1S/C23H25N9O2/c1-3-31-19-20(28-22(31)30-10-6-7-14(25)12-30)29(2)23(34)32(21(19)33)13-18-26-16-9-5-4-8-15(16)17(11-24)27-18/h4-5,8-9,14H,3,6-7,10,12-13,25H2,1-2H3/t14-/m1/s1. The summed E-state index contributed by atoms with van der Waals surface area (Å²) in [4.78, 5) is 42.3. The summed E-state index contributed by atoms with van der Waals surface area (Å²) in [5, 5.41) is 10.2. The lowest BCUT2D eigenvalue weighted by Crippen LogP contribution is -2.44. The molecule has 0 aliphatic carbocycles. The second kappa shape index (κ2) is 8.39. The first-order valence-corrected chi connectivity index (χ1v) is 11.3. The van der Waals surface area contributed by atoms with E-state index >= 15 is 0 Å². The Morgan fingerprint density at radius 1 is 1.18 bits per heavy atom. The van der Waals surface area contributed by atoms with Gasteiger partial charge < -0.3 is 15.2 Å². The molecule has 11 nitrogen and oxygen atoms in total. The molecule has 1 aliphatic heterocycles. The lowest BCUT2D eigenvalue weighted by Gasteiger charge is -2.31. The number of fused-ring (bicyclic) bond motifs is 2. The zero-order valence-electron chi connectivity index (χ0n) is 19.1. The first-order valence-electron chi connectivity index (χ1n) is 11.3. The van der Waals surface area contributed by atoms with Gasteiger partial charge in [0, 0.05) is 38.1 Å². The summed E-state index contributed by atoms with van der Waals surface area (Å²) in [5.74, 6) is 0.866. The highest BCUT2D eigenvalue weighted by molar-refractivity contribution is 5.83. The van der Waals surface area contributed by atoms with Crippen molar-refractivity contribution in [2.45, 2.75) is 38.9 Å². The Morgan fingerprint density at radius 3 is 2.71 bits per heavy atom. The van der Waals surface area contributed by atoms with Crippen LogP contribution in [-0.4, -0.2) is 47.8 Å². The van der Waals surface area contributed by atoms with Gasteiger partial charge in [0.2, 0.25) is 5.95 Å². The molecule has 2 N–H and O–H groups in total. The van der Waals surface area contributed by atoms with Crippen molar-refractivity contribution in [1.82, 2.24) is 28.7 Å². The van der Waals surface area contributed by atoms with E-state index in [1.165, 1.54) is 4.57 Å². The summed E-state index contributed by atoms with van der Waals surface area (Å²) >= 11 is 0. The summed E-state index contributed by atoms with van der Waals surface area (Å²) in [5.41, 5.74) is 6.65. The second-order valence-electron chi connectivity index (χ2n) is 8.53. The molecular weight excluding hydrogens is 434 g/mol. The monoisotopic (exact) mass is 459 g/mol. The zero-order valence-corrected chi connectivity index (χ0v) is 19.1. The molecule has 0 radical (unpaired) electrons. The Hall–Kier alpha value is -4.04. The Labute approximate surface area is 194 Å². The lowest BCUT2D eigenvalue weighted by atomic mass is 10.1. The average Bonchev–Trinajstić information content (AvgIpc) is 3.25. The molecule has 4 heterocycles. The van der Waals surface area contributed by atoms with Crippen LogP contribution in [0.25, 0.3) is 22.1 Å². The Kier molecular flexibility index (Phi) is 5.37. The molecule has 0 bridgehead atoms. The Balaban J connectivity index is 1.67. The number of piperidine rings is 1. The SMILES string of the molecule is CCn1c(N2CCC[C@@H](N)C2)nc2c1c(=O)n(Cc1nc(C#N)c3ccccc3n1)c(=O)n2C. The number of anilines is 1. The quantitative estimate of drug-likeness (QED) is 0.470. The molecule has 34 heavy (non-hydrogen) atoms. The maximum atomic E-state index is 13.6. The first kappa shape index (κ1) is 21.8. The molecule has 0 spiro atoms. The van der Waals surface area contributed by atoms with Crippen LogP contribution in [0.3, 0.4) is 0 Å². The van der Waals surface area contributed by atoms with Crippen molar-refractivity contribution in [3.05, 3.63) is 56.6 Å². The Bertz CT molecular complexity index is 1570. The van der Waals surface area contributed by atoms with Crippen molar-refractivity contribution < 1.29 is 0 Å². The number of hydrogen-bond acceptors (Lipinski definition) is 8. The number of para-hydroxylation sites is 1. The van der Waals surface area contributed by atoms with Crippen molar-refractivity contribution in [3.8, 4) is 6.07 Å². The smallest absolute Gasteiger partial charge is 0.332 e. The number of benzene rings is 1. The third-order valence-corrected chi connectivity index (χ3v) is 6.32. The van der Waals surface area contributed by atoms with Crippen molar-refractivity contribution in [1.29, 1.82) is 5.26 Å². The van der Waals surface area contributed by atoms with E-state index in [1.807, 2.05) is 17.6 Å². The number of nitriles is 1. The van der Waals surface area contributed by atoms with E-state index in [2.05, 4.69) is 25.9 Å². The molecule has 1 saturated heterocycles. The predicted molar refractivity (Wildman–Crippen MR) is 128 cm³/mol. The molecule has 1 fully saturated rings. The second-order valence-corrected chi connectivity index (χ2v) is 8.53. The fraction of sp³-hybridized carbons (Fsp3) is 0.391. The van der Waals surface area contributed by atoms with Crippen molar-refractivity contribution >= 4 is 28.0 Å². The van der Waals surface area contributed by atoms with Gasteiger partial charge in [0.15, 0.2) is 22.7 Å². The molecule has 3 aromatic heterocycles. The number of nitrogens with zero attached hydrogens (tertiary/aromatic N) is 8. The molecule has 1 aromatic carbocycles. The topological polar surface area (TPSA) is 141 Å². The number of nitrogens with two attached hydrogens (primary N) is 1. The number of rotatable bonds is 4. The molecule has 0 unspecified atom stereocenters. The van der Waals surface area contributed by atoms with Gasteiger partial charge in [0.25, 0.3) is 5.56 Å². The largest absolute Gasteiger partial charge is 0.341 e. The minimum atomic E-state index is -0.518. The molecule has 1 atom stereocenters. The number of imidazole rings is 1. The number of hydrogen-bond donors (Lipinski definition) is 1. The van der Waals surface area contributed by atoms with Crippen LogP contribution in [0.4, 0.5) is 5.95 Å². The fourth-order valence-corrected chi connectivity index (χ4v) is 4.65. The fourth-order valence-electron chi connectivity index (χ4n) is 4.65. The van der Waals surface area contributed by atoms with Crippen LogP contribution in [0.2, 0.25) is 0 Å². The van der Waals surface area contributed by atoms with Gasteiger partial charge in [0.1, 0.15) is 6.07 Å². The van der Waals surface area contributed by atoms with Gasteiger partial charge in [-0.15, -0.1) is 0 Å². The maximum Gasteiger partial charge on any atom is 0.332 e. The molecule has 174 valence electrons. The number of aryl methyl sites for hydroxylation is 2. The highest BCUT2D eigenvalue weighted by Crippen LogP contribution is 2.23. The van der Waals surface area contributed by atoms with Gasteiger partial charge >= 0.3 is 5.69 Å². The van der Waals surface area contributed by atoms with E-state index in [4.69, 9.17) is 5.73 Å². The molecule has 0 saturated carbocycles. The van der Waals surface area contributed by atoms with Crippen LogP contribution in [-0.2, 0) is 20.1 Å². The summed E-state index contributed by atoms with van der Waals surface area (Å²) in [6.45, 7) is 3.74. The molecular formula is C23H25N9O2. The van der Waals surface area contributed by atoms with Crippen LogP contribution in [0, 0.1) is 11.3 Å². The third kappa shape index (κ3) is 3.43. The summed E-state index contributed by atoms with van der Waals surface area (Å²) in [6, 6.07) is 9.27. The van der Waals surface area contributed by atoms with E-state index in [9.17, 15) is 14.9 Å². The van der Waals surface area contributed by atoms with Gasteiger partial charge in [-0.05, 0) is 31.9 Å². The summed E-state index contributed by atoms with van der Waals surface area (Å²) in [6.07, 6.45) is 1.89. The van der Waals surface area contributed by atoms with Crippen LogP contribution in [0.5, 0.6) is 0 Å². The van der Waals surface area contributed by atoms with E-state index in [0.29, 0.717) is 41.1 Å². The highest BCUT2D eigenvalue weighted by Gasteiger charge is 2.26. The van der Waals surface area contributed by atoms with Gasteiger partial charge in [-0.1, -0.05) is 12.1 Å². The van der Waals surface area contributed by atoms with Crippen LogP contribution < -0.4 is 21.9 Å². The van der Waals surface area contributed by atoms with Crippen LogP contribution >= 0.6 is 0 Å². The summed E-state index contributed by atoms with van der Waals surface area (Å²) < 4.78 is 4.32. The van der Waals surface area contributed by atoms with E-state index in [1.54, 1.807) is 25.2 Å². The highest BCUT2D eigenvalue weighted by atomic mass is 16.2. The van der Waals surface area contributed by atoms with Gasteiger partial charge in [-0.2, -0.15) is 10.2 Å². The average molecular weight is 460 g/mol. The molecule has 11 heteroatoms. The van der Waals surface area contributed by atoms with Crippen LogP contribution in [0.1, 0.15) is 31.3 Å². The minimum absolute atomic E-state index is 0.0405. The molecule has 5 rings (SSSR count). The van der Waals surface area contributed by atoms with E-state index in [-0.39, 0.29) is 24.1 Å².